The molecule has 0 saturated heterocycles. The van der Waals surface area contributed by atoms with Crippen molar-refractivity contribution in [3.05, 3.63) is 69.2 Å². The Morgan fingerprint density at radius 1 is 1.09 bits per heavy atom. The molecule has 1 aliphatic carbocycles. The second-order valence-corrected chi connectivity index (χ2v) is 7.09. The van der Waals surface area contributed by atoms with Gasteiger partial charge in [-0.25, -0.2) is 0 Å². The molecule has 1 N–H and O–H groups in total. The zero-order valence-electron chi connectivity index (χ0n) is 13.4. The van der Waals surface area contributed by atoms with Gasteiger partial charge in [0.1, 0.15) is 0 Å². The molecule has 0 radical (unpaired) electrons. The van der Waals surface area contributed by atoms with Crippen molar-refractivity contribution < 1.29 is 4.79 Å². The van der Waals surface area contributed by atoms with E-state index in [1.54, 1.807) is 0 Å². The van der Waals surface area contributed by atoms with Gasteiger partial charge in [-0.15, -0.1) is 0 Å². The van der Waals surface area contributed by atoms with Gasteiger partial charge >= 0.3 is 0 Å². The molecule has 3 heteroatoms. The molecule has 120 valence electrons. The van der Waals surface area contributed by atoms with Gasteiger partial charge in [0.15, 0.2) is 0 Å². The van der Waals surface area contributed by atoms with Gasteiger partial charge in [0.25, 0.3) is 5.91 Å². The van der Waals surface area contributed by atoms with Crippen LogP contribution in [0.15, 0.2) is 46.9 Å². The Bertz CT molecular complexity index is 693. The third-order valence-corrected chi connectivity index (χ3v) is 5.12. The van der Waals surface area contributed by atoms with E-state index in [2.05, 4.69) is 46.4 Å². The second kappa shape index (κ2) is 7.31. The Morgan fingerprint density at radius 3 is 2.48 bits per heavy atom. The molecule has 2 aromatic carbocycles. The minimum absolute atomic E-state index is 0.0120. The topological polar surface area (TPSA) is 29.1 Å². The fourth-order valence-electron chi connectivity index (χ4n) is 3.23. The third-order valence-electron chi connectivity index (χ3n) is 4.59. The van der Waals surface area contributed by atoms with Crippen molar-refractivity contribution in [1.29, 1.82) is 0 Å². The highest BCUT2D eigenvalue weighted by Crippen LogP contribution is 2.26. The number of nitrogens with one attached hydrogen (secondary N) is 1. The summed E-state index contributed by atoms with van der Waals surface area (Å²) in [5.41, 5.74) is 4.86. The number of rotatable bonds is 4. The minimum Gasteiger partial charge on any atom is -0.345 e. The van der Waals surface area contributed by atoms with Crippen molar-refractivity contribution in [2.45, 2.75) is 45.1 Å². The molecule has 0 aliphatic heterocycles. The fraction of sp³-hybridized carbons (Fsp3) is 0.350. The maximum absolute atomic E-state index is 12.5. The highest BCUT2D eigenvalue weighted by molar-refractivity contribution is 9.10. The van der Waals surface area contributed by atoms with Crippen molar-refractivity contribution in [2.24, 2.45) is 0 Å². The molecule has 0 heterocycles. The van der Waals surface area contributed by atoms with E-state index in [0.29, 0.717) is 5.56 Å². The number of benzene rings is 2. The molecule has 3 rings (SSSR count). The molecule has 0 fully saturated rings. The predicted molar refractivity (Wildman–Crippen MR) is 97.7 cm³/mol. The largest absolute Gasteiger partial charge is 0.345 e. The lowest BCUT2D eigenvalue weighted by Gasteiger charge is -2.21. The van der Waals surface area contributed by atoms with Gasteiger partial charge in [-0.05, 0) is 73.1 Å². The molecule has 0 saturated carbocycles. The number of amides is 1. The lowest BCUT2D eigenvalue weighted by Crippen LogP contribution is -2.28. The van der Waals surface area contributed by atoms with Crippen LogP contribution in [0.4, 0.5) is 0 Å². The summed E-state index contributed by atoms with van der Waals surface area (Å²) in [7, 11) is 0. The van der Waals surface area contributed by atoms with Gasteiger partial charge in [0.05, 0.1) is 6.04 Å². The molecule has 2 nitrogen and oxygen atoms in total. The van der Waals surface area contributed by atoms with E-state index in [1.165, 1.54) is 42.4 Å². The van der Waals surface area contributed by atoms with Crippen molar-refractivity contribution in [3.8, 4) is 0 Å². The molecule has 1 atom stereocenters. The standard InChI is InChI=1S/C20H22BrNO/c1-2-19(22-20(23)15-9-11-18(21)12-10-15)17-8-7-14-5-3-4-6-16(14)13-17/h7-13,19H,2-6H2,1H3,(H,22,23)/t19-/m0/s1. The van der Waals surface area contributed by atoms with Crippen LogP contribution in [-0.2, 0) is 12.8 Å². The zero-order chi connectivity index (χ0) is 16.2. The quantitative estimate of drug-likeness (QED) is 0.784. The maximum atomic E-state index is 12.5. The van der Waals surface area contributed by atoms with E-state index in [9.17, 15) is 4.79 Å². The van der Waals surface area contributed by atoms with E-state index < -0.39 is 0 Å². The molecule has 0 unspecified atom stereocenters. The Kier molecular flexibility index (Phi) is 5.16. The highest BCUT2D eigenvalue weighted by atomic mass is 79.9. The van der Waals surface area contributed by atoms with Crippen LogP contribution in [0.25, 0.3) is 0 Å². The molecular weight excluding hydrogens is 350 g/mol. The average molecular weight is 372 g/mol. The van der Waals surface area contributed by atoms with Crippen molar-refractivity contribution >= 4 is 21.8 Å². The van der Waals surface area contributed by atoms with Crippen LogP contribution in [-0.4, -0.2) is 5.91 Å². The summed E-state index contributed by atoms with van der Waals surface area (Å²) in [6, 6.07) is 14.3. The second-order valence-electron chi connectivity index (χ2n) is 6.18. The number of aryl methyl sites for hydroxylation is 2. The zero-order valence-corrected chi connectivity index (χ0v) is 15.0. The van der Waals surface area contributed by atoms with E-state index in [1.807, 2.05) is 24.3 Å². The van der Waals surface area contributed by atoms with Crippen LogP contribution in [0.2, 0.25) is 0 Å². The van der Waals surface area contributed by atoms with Crippen LogP contribution in [0, 0.1) is 0 Å². The number of hydrogen-bond acceptors (Lipinski definition) is 1. The number of carbonyl (C=O) groups excluding carboxylic acids is 1. The highest BCUT2D eigenvalue weighted by Gasteiger charge is 2.16. The van der Waals surface area contributed by atoms with Crippen molar-refractivity contribution in [3.63, 3.8) is 0 Å². The Balaban J connectivity index is 1.77. The molecule has 0 spiro atoms. The molecule has 1 aliphatic rings. The van der Waals surface area contributed by atoms with Crippen molar-refractivity contribution in [1.82, 2.24) is 5.32 Å². The van der Waals surface area contributed by atoms with Crippen LogP contribution in [0.3, 0.4) is 0 Å². The van der Waals surface area contributed by atoms with E-state index >= 15 is 0 Å². The number of halogens is 1. The van der Waals surface area contributed by atoms with E-state index in [-0.39, 0.29) is 11.9 Å². The van der Waals surface area contributed by atoms with Crippen LogP contribution in [0.5, 0.6) is 0 Å². The lowest BCUT2D eigenvalue weighted by molar-refractivity contribution is 0.0935. The Morgan fingerprint density at radius 2 is 1.78 bits per heavy atom. The lowest BCUT2D eigenvalue weighted by atomic mass is 9.88. The Labute approximate surface area is 146 Å². The summed E-state index contributed by atoms with van der Waals surface area (Å²) in [6.45, 7) is 2.12. The number of hydrogen-bond donors (Lipinski definition) is 1. The predicted octanol–water partition coefficient (Wildman–Crippen LogP) is 5.21. The summed E-state index contributed by atoms with van der Waals surface area (Å²) in [5.74, 6) is -0.0120. The minimum atomic E-state index is -0.0120. The number of carbonyl (C=O) groups is 1. The normalized spacial score (nSPS) is 14.9. The fourth-order valence-corrected chi connectivity index (χ4v) is 3.50. The van der Waals surface area contributed by atoms with Crippen molar-refractivity contribution in [2.75, 3.05) is 0 Å². The molecule has 1 amide bonds. The summed E-state index contributed by atoms with van der Waals surface area (Å²) in [6.07, 6.45) is 5.82. The van der Waals surface area contributed by atoms with Gasteiger partial charge in [-0.1, -0.05) is 41.1 Å². The Hall–Kier alpha value is -1.61. The van der Waals surface area contributed by atoms with E-state index in [4.69, 9.17) is 0 Å². The summed E-state index contributed by atoms with van der Waals surface area (Å²) in [5, 5.41) is 3.17. The maximum Gasteiger partial charge on any atom is 0.251 e. The molecule has 0 bridgehead atoms. The molecule has 2 aromatic rings. The number of fused-ring (bicyclic) bond motifs is 1. The average Bonchev–Trinajstić information content (AvgIpc) is 2.59. The summed E-state index contributed by atoms with van der Waals surface area (Å²) in [4.78, 5) is 12.5. The smallest absolute Gasteiger partial charge is 0.251 e. The molecule has 23 heavy (non-hydrogen) atoms. The van der Waals surface area contributed by atoms with Crippen LogP contribution >= 0.6 is 15.9 Å². The third kappa shape index (κ3) is 3.84. The van der Waals surface area contributed by atoms with Gasteiger partial charge < -0.3 is 5.32 Å². The monoisotopic (exact) mass is 371 g/mol. The van der Waals surface area contributed by atoms with Gasteiger partial charge in [0, 0.05) is 10.0 Å². The first-order valence-corrected chi connectivity index (χ1v) is 9.15. The van der Waals surface area contributed by atoms with E-state index in [0.717, 1.165) is 10.9 Å². The first-order valence-electron chi connectivity index (χ1n) is 8.35. The summed E-state index contributed by atoms with van der Waals surface area (Å²) >= 11 is 3.40. The van der Waals surface area contributed by atoms with Gasteiger partial charge in [0.2, 0.25) is 0 Å². The first kappa shape index (κ1) is 16.3. The van der Waals surface area contributed by atoms with Crippen LogP contribution < -0.4 is 5.32 Å². The van der Waals surface area contributed by atoms with Gasteiger partial charge in [-0.2, -0.15) is 0 Å². The summed E-state index contributed by atoms with van der Waals surface area (Å²) < 4.78 is 0.982. The SMILES string of the molecule is CC[C@H](NC(=O)c1ccc(Br)cc1)c1ccc2c(c1)CCCC2. The van der Waals surface area contributed by atoms with Crippen LogP contribution in [0.1, 0.15) is 59.3 Å². The first-order chi connectivity index (χ1) is 11.2. The molecular formula is C20H22BrNO. The molecule has 0 aromatic heterocycles. The van der Waals surface area contributed by atoms with Gasteiger partial charge in [-0.3, -0.25) is 4.79 Å².